The Kier molecular flexibility index (Phi) is 6.22. The van der Waals surface area contributed by atoms with Gasteiger partial charge >= 0.3 is 0 Å². The first-order valence-corrected chi connectivity index (χ1v) is 7.71. The quantitative estimate of drug-likeness (QED) is 0.651. The molecule has 0 saturated heterocycles. The van der Waals surface area contributed by atoms with Gasteiger partial charge in [-0.05, 0) is 36.8 Å². The van der Waals surface area contributed by atoms with Crippen molar-refractivity contribution in [3.05, 3.63) is 52.0 Å². The normalized spacial score (nSPS) is 10.4. The Balaban J connectivity index is 1.80. The van der Waals surface area contributed by atoms with Gasteiger partial charge < -0.3 is 14.2 Å². The minimum absolute atomic E-state index is 0.470. The van der Waals surface area contributed by atoms with Crippen LogP contribution in [0.5, 0.6) is 17.2 Å². The highest BCUT2D eigenvalue weighted by molar-refractivity contribution is 6.37. The lowest BCUT2D eigenvalue weighted by molar-refractivity contribution is 0.240. The van der Waals surface area contributed by atoms with E-state index in [2.05, 4.69) is 0 Å². The molecule has 2 aromatic rings. The van der Waals surface area contributed by atoms with Crippen LogP contribution in [0.3, 0.4) is 0 Å². The number of halogens is 2. The molecule has 118 valence electrons. The predicted octanol–water partition coefficient (Wildman–Crippen LogP) is 5.16. The Morgan fingerprint density at radius 2 is 1.59 bits per heavy atom. The molecular weight excluding hydrogens is 323 g/mol. The third kappa shape index (κ3) is 4.46. The smallest absolute Gasteiger partial charge is 0.161 e. The molecule has 5 heteroatoms. The maximum absolute atomic E-state index is 6.04. The summed E-state index contributed by atoms with van der Waals surface area (Å²) in [6.45, 7) is 2.99. The summed E-state index contributed by atoms with van der Waals surface area (Å²) in [5.74, 6) is 1.97. The number of para-hydroxylation sites is 1. The summed E-state index contributed by atoms with van der Waals surface area (Å²) in [5, 5.41) is 1.02. The van der Waals surface area contributed by atoms with Crippen LogP contribution < -0.4 is 14.2 Å². The van der Waals surface area contributed by atoms with Crippen molar-refractivity contribution in [3.63, 3.8) is 0 Å². The first-order valence-electron chi connectivity index (χ1n) is 6.96. The van der Waals surface area contributed by atoms with E-state index in [9.17, 15) is 0 Å². The van der Waals surface area contributed by atoms with Gasteiger partial charge in [-0.2, -0.15) is 0 Å². The van der Waals surface area contributed by atoms with Crippen LogP contribution in [-0.2, 0) is 0 Å². The average Bonchev–Trinajstić information content (AvgIpc) is 2.50. The Labute approximate surface area is 140 Å². The maximum atomic E-state index is 6.04. The summed E-state index contributed by atoms with van der Waals surface area (Å²) < 4.78 is 16.6. The molecule has 0 bridgehead atoms. The second-order valence-corrected chi connectivity index (χ2v) is 5.57. The number of hydrogen-bond donors (Lipinski definition) is 0. The molecule has 0 N–H and O–H groups in total. The van der Waals surface area contributed by atoms with Crippen molar-refractivity contribution < 1.29 is 14.2 Å². The van der Waals surface area contributed by atoms with Gasteiger partial charge in [-0.3, -0.25) is 0 Å². The van der Waals surface area contributed by atoms with Crippen LogP contribution in [0.4, 0.5) is 0 Å². The summed E-state index contributed by atoms with van der Waals surface area (Å²) in [7, 11) is 1.63. The van der Waals surface area contributed by atoms with Crippen molar-refractivity contribution in [1.82, 2.24) is 0 Å². The van der Waals surface area contributed by atoms with E-state index < -0.39 is 0 Å². The molecule has 3 nitrogen and oxygen atoms in total. The Morgan fingerprint density at radius 1 is 0.909 bits per heavy atom. The molecule has 2 rings (SSSR count). The average molecular weight is 341 g/mol. The third-order valence-electron chi connectivity index (χ3n) is 3.03. The standard InChI is InChI=1S/C17H18Cl2O3/c1-12-7-8-15(16(11-12)20-2)21-9-4-10-22-17-13(18)5-3-6-14(17)19/h3,5-8,11H,4,9-10H2,1-2H3. The van der Waals surface area contributed by atoms with E-state index in [1.807, 2.05) is 25.1 Å². The summed E-state index contributed by atoms with van der Waals surface area (Å²) in [5.41, 5.74) is 1.13. The molecule has 0 saturated carbocycles. The molecule has 0 aliphatic heterocycles. The van der Waals surface area contributed by atoms with Crippen LogP contribution in [0.15, 0.2) is 36.4 Å². The summed E-state index contributed by atoms with van der Waals surface area (Å²) in [6, 6.07) is 11.1. The van der Waals surface area contributed by atoms with Crippen molar-refractivity contribution in [1.29, 1.82) is 0 Å². The van der Waals surface area contributed by atoms with Crippen LogP contribution in [0.25, 0.3) is 0 Å². The lowest BCUT2D eigenvalue weighted by Crippen LogP contribution is -2.06. The molecule has 22 heavy (non-hydrogen) atoms. The predicted molar refractivity (Wildman–Crippen MR) is 89.8 cm³/mol. The summed E-state index contributed by atoms with van der Waals surface area (Å²) >= 11 is 12.1. The van der Waals surface area contributed by atoms with E-state index in [0.29, 0.717) is 35.4 Å². The van der Waals surface area contributed by atoms with Crippen LogP contribution in [0.2, 0.25) is 10.0 Å². The number of rotatable bonds is 7. The molecule has 0 radical (unpaired) electrons. The van der Waals surface area contributed by atoms with Crippen LogP contribution >= 0.6 is 23.2 Å². The largest absolute Gasteiger partial charge is 0.493 e. The second kappa shape index (κ2) is 8.16. The minimum Gasteiger partial charge on any atom is -0.493 e. The van der Waals surface area contributed by atoms with Crippen LogP contribution in [0, 0.1) is 6.92 Å². The molecule has 2 aromatic carbocycles. The van der Waals surface area contributed by atoms with Gasteiger partial charge in [0.15, 0.2) is 17.2 Å². The SMILES string of the molecule is COc1cc(C)ccc1OCCCOc1c(Cl)cccc1Cl. The van der Waals surface area contributed by atoms with E-state index in [1.165, 1.54) is 0 Å². The van der Waals surface area contributed by atoms with E-state index >= 15 is 0 Å². The van der Waals surface area contributed by atoms with Crippen LogP contribution in [0.1, 0.15) is 12.0 Å². The number of methoxy groups -OCH3 is 1. The summed E-state index contributed by atoms with van der Waals surface area (Å²) in [4.78, 5) is 0. The number of benzene rings is 2. The third-order valence-corrected chi connectivity index (χ3v) is 3.63. The molecule has 0 fully saturated rings. The fourth-order valence-electron chi connectivity index (χ4n) is 1.93. The molecule has 0 unspecified atom stereocenters. The van der Waals surface area contributed by atoms with E-state index in [1.54, 1.807) is 25.3 Å². The first-order chi connectivity index (χ1) is 10.6. The fraction of sp³-hybridized carbons (Fsp3) is 0.294. The molecule has 0 aliphatic rings. The lowest BCUT2D eigenvalue weighted by Gasteiger charge is -2.12. The van der Waals surface area contributed by atoms with Gasteiger partial charge in [0.25, 0.3) is 0 Å². The topological polar surface area (TPSA) is 27.7 Å². The van der Waals surface area contributed by atoms with E-state index in [-0.39, 0.29) is 0 Å². The molecule has 0 heterocycles. The van der Waals surface area contributed by atoms with E-state index in [4.69, 9.17) is 37.4 Å². The Bertz CT molecular complexity index is 609. The number of aryl methyl sites for hydroxylation is 1. The van der Waals surface area contributed by atoms with Gasteiger partial charge in [-0.25, -0.2) is 0 Å². The van der Waals surface area contributed by atoms with Gasteiger partial charge in [0.1, 0.15) is 0 Å². The molecule has 0 aliphatic carbocycles. The number of ether oxygens (including phenoxy) is 3. The van der Waals surface area contributed by atoms with Crippen LogP contribution in [-0.4, -0.2) is 20.3 Å². The van der Waals surface area contributed by atoms with Crippen molar-refractivity contribution in [2.45, 2.75) is 13.3 Å². The van der Waals surface area contributed by atoms with Crippen molar-refractivity contribution in [2.75, 3.05) is 20.3 Å². The van der Waals surface area contributed by atoms with E-state index in [0.717, 1.165) is 17.1 Å². The molecule has 0 amide bonds. The second-order valence-electron chi connectivity index (χ2n) is 4.76. The van der Waals surface area contributed by atoms with Gasteiger partial charge in [0.2, 0.25) is 0 Å². The van der Waals surface area contributed by atoms with Gasteiger partial charge in [0.05, 0.1) is 30.4 Å². The fourth-order valence-corrected chi connectivity index (χ4v) is 2.44. The molecule has 0 spiro atoms. The summed E-state index contributed by atoms with van der Waals surface area (Å²) in [6.07, 6.45) is 0.707. The lowest BCUT2D eigenvalue weighted by atomic mass is 10.2. The van der Waals surface area contributed by atoms with Gasteiger partial charge in [-0.1, -0.05) is 35.3 Å². The highest BCUT2D eigenvalue weighted by Crippen LogP contribution is 2.32. The van der Waals surface area contributed by atoms with Gasteiger partial charge in [0, 0.05) is 6.42 Å². The van der Waals surface area contributed by atoms with Gasteiger partial charge in [-0.15, -0.1) is 0 Å². The van der Waals surface area contributed by atoms with Crippen molar-refractivity contribution in [2.24, 2.45) is 0 Å². The Morgan fingerprint density at radius 3 is 2.27 bits per heavy atom. The monoisotopic (exact) mass is 340 g/mol. The zero-order valence-electron chi connectivity index (χ0n) is 12.6. The molecule has 0 atom stereocenters. The Hall–Kier alpha value is -1.58. The molecular formula is C17H18Cl2O3. The minimum atomic E-state index is 0.470. The van der Waals surface area contributed by atoms with Crippen molar-refractivity contribution >= 4 is 23.2 Å². The first kappa shape index (κ1) is 16.8. The highest BCUT2D eigenvalue weighted by Gasteiger charge is 2.07. The molecule has 0 aromatic heterocycles. The highest BCUT2D eigenvalue weighted by atomic mass is 35.5. The zero-order chi connectivity index (χ0) is 15.9. The van der Waals surface area contributed by atoms with Crippen molar-refractivity contribution in [3.8, 4) is 17.2 Å². The number of hydrogen-bond acceptors (Lipinski definition) is 3. The maximum Gasteiger partial charge on any atom is 0.161 e. The zero-order valence-corrected chi connectivity index (χ0v) is 14.1.